The second kappa shape index (κ2) is 6.55. The molecule has 2 aromatic rings. The van der Waals surface area contributed by atoms with Gasteiger partial charge in [-0.05, 0) is 34.8 Å². The largest absolute Gasteiger partial charge is 0.355 e. The van der Waals surface area contributed by atoms with E-state index in [0.717, 1.165) is 32.6 Å². The summed E-state index contributed by atoms with van der Waals surface area (Å²) in [6.07, 6.45) is 9.56. The molecule has 144 valence electrons. The highest BCUT2D eigenvalue weighted by Crippen LogP contribution is 2.28. The Morgan fingerprint density at radius 2 is 1.68 bits per heavy atom. The molecule has 0 amide bonds. The van der Waals surface area contributed by atoms with Gasteiger partial charge in [-0.25, -0.2) is 0 Å². The van der Waals surface area contributed by atoms with Crippen LogP contribution in [-0.4, -0.2) is 24.7 Å². The molecule has 5 rings (SSSR count). The number of anilines is 1. The van der Waals surface area contributed by atoms with Crippen LogP contribution in [0.1, 0.15) is 33.6 Å². The Morgan fingerprint density at radius 3 is 2.57 bits per heavy atom. The molecule has 0 bridgehead atoms. The fourth-order valence-corrected chi connectivity index (χ4v) is 5.06. The zero-order valence-electron chi connectivity index (χ0n) is 17.3. The first-order chi connectivity index (χ1) is 13.5. The third-order valence-electron chi connectivity index (χ3n) is 6.56. The molecule has 3 aliphatic rings. The maximum atomic E-state index is 2.62. The van der Waals surface area contributed by atoms with Crippen molar-refractivity contribution in [1.29, 1.82) is 0 Å². The topological polar surface area (TPSA) is 6.48 Å². The van der Waals surface area contributed by atoms with Gasteiger partial charge < -0.3 is 9.80 Å². The molecule has 2 aliphatic carbocycles. The van der Waals surface area contributed by atoms with Gasteiger partial charge in [-0.1, -0.05) is 75.4 Å². The Bertz CT molecular complexity index is 1160. The van der Waals surface area contributed by atoms with Crippen LogP contribution in [0.4, 0.5) is 5.69 Å². The van der Waals surface area contributed by atoms with Gasteiger partial charge in [-0.15, -0.1) is 0 Å². The van der Waals surface area contributed by atoms with Gasteiger partial charge in [0.15, 0.2) is 0 Å². The molecule has 1 aliphatic heterocycles. The van der Waals surface area contributed by atoms with Crippen LogP contribution in [0.3, 0.4) is 0 Å². The van der Waals surface area contributed by atoms with Gasteiger partial charge in [0, 0.05) is 40.8 Å². The molecule has 2 nitrogen and oxygen atoms in total. The van der Waals surface area contributed by atoms with Gasteiger partial charge in [0.05, 0.1) is 6.67 Å². The molecule has 0 saturated carbocycles. The summed E-state index contributed by atoms with van der Waals surface area (Å²) in [5, 5.41) is 5.65. The van der Waals surface area contributed by atoms with Gasteiger partial charge in [0.25, 0.3) is 0 Å². The molecule has 1 saturated heterocycles. The summed E-state index contributed by atoms with van der Waals surface area (Å²) in [6.45, 7) is 10.2. The van der Waals surface area contributed by atoms with Crippen molar-refractivity contribution in [3.05, 3.63) is 63.3 Å². The molecule has 1 unspecified atom stereocenters. The third kappa shape index (κ3) is 2.96. The molecule has 0 aromatic heterocycles. The Hall–Kier alpha value is -2.48. The minimum absolute atomic E-state index is 0.240. The predicted octanol–water partition coefficient (Wildman–Crippen LogP) is 2.39. The standard InChI is InChI=1S/C26H30N2/c1-19-11-12-20-7-4-5-9-22(20)25(19)28-16-15-27(18-28)24-10-6-8-21-13-14-26(2,3)17-23(21)24/h4-10,12-13,17,19H,11,14-16,18H2,1-3H3. The van der Waals surface area contributed by atoms with Crippen LogP contribution in [-0.2, 0) is 0 Å². The predicted molar refractivity (Wildman–Crippen MR) is 119 cm³/mol. The first-order valence-electron chi connectivity index (χ1n) is 10.6. The van der Waals surface area contributed by atoms with E-state index in [9.17, 15) is 0 Å². The molecule has 1 heterocycles. The summed E-state index contributed by atoms with van der Waals surface area (Å²) in [4.78, 5) is 5.19. The third-order valence-corrected chi connectivity index (χ3v) is 6.56. The highest BCUT2D eigenvalue weighted by molar-refractivity contribution is 5.59. The maximum Gasteiger partial charge on any atom is 0.0902 e. The van der Waals surface area contributed by atoms with Crippen LogP contribution in [0.2, 0.25) is 0 Å². The lowest BCUT2D eigenvalue weighted by Crippen LogP contribution is -2.40. The van der Waals surface area contributed by atoms with Crippen molar-refractivity contribution >= 4 is 29.6 Å². The Kier molecular flexibility index (Phi) is 4.12. The van der Waals surface area contributed by atoms with Crippen molar-refractivity contribution in [2.75, 3.05) is 24.7 Å². The van der Waals surface area contributed by atoms with Gasteiger partial charge in [0.2, 0.25) is 0 Å². The van der Waals surface area contributed by atoms with E-state index in [1.165, 1.54) is 32.3 Å². The molecular weight excluding hydrogens is 340 g/mol. The van der Waals surface area contributed by atoms with E-state index in [-0.39, 0.29) is 5.41 Å². The van der Waals surface area contributed by atoms with Crippen LogP contribution in [0, 0.1) is 11.3 Å². The van der Waals surface area contributed by atoms with E-state index in [1.54, 1.807) is 0 Å². The smallest absolute Gasteiger partial charge is 0.0902 e. The van der Waals surface area contributed by atoms with Crippen LogP contribution in [0.25, 0.3) is 23.9 Å². The molecule has 2 heteroatoms. The quantitative estimate of drug-likeness (QED) is 0.801. The molecule has 0 spiro atoms. The van der Waals surface area contributed by atoms with Gasteiger partial charge in [0.1, 0.15) is 0 Å². The van der Waals surface area contributed by atoms with E-state index in [1.807, 2.05) is 0 Å². The normalized spacial score (nSPS) is 22.7. The second-order valence-electron chi connectivity index (χ2n) is 9.30. The van der Waals surface area contributed by atoms with Gasteiger partial charge in [-0.2, -0.15) is 0 Å². The zero-order valence-corrected chi connectivity index (χ0v) is 17.3. The first-order valence-corrected chi connectivity index (χ1v) is 10.6. The van der Waals surface area contributed by atoms with E-state index < -0.39 is 0 Å². The van der Waals surface area contributed by atoms with E-state index in [2.05, 4.69) is 91.3 Å². The summed E-state index contributed by atoms with van der Waals surface area (Å²) in [6, 6.07) is 15.7. The highest BCUT2D eigenvalue weighted by Gasteiger charge is 2.27. The van der Waals surface area contributed by atoms with Crippen LogP contribution >= 0.6 is 0 Å². The van der Waals surface area contributed by atoms with Crippen LogP contribution < -0.4 is 25.8 Å². The zero-order chi connectivity index (χ0) is 19.3. The van der Waals surface area contributed by atoms with Gasteiger partial charge >= 0.3 is 0 Å². The SMILES string of the molecule is CC1CC=c2ccccc2=C1N1CCN(c2cccc3c2=CC(C)(C)CC=3)C1. The second-order valence-corrected chi connectivity index (χ2v) is 9.30. The van der Waals surface area contributed by atoms with Crippen molar-refractivity contribution in [3.8, 4) is 0 Å². The molecule has 0 N–H and O–H groups in total. The summed E-state index contributed by atoms with van der Waals surface area (Å²) in [7, 11) is 0. The molecule has 1 atom stereocenters. The summed E-state index contributed by atoms with van der Waals surface area (Å²) < 4.78 is 0. The Labute approximate surface area is 167 Å². The lowest BCUT2D eigenvalue weighted by Gasteiger charge is -2.30. The molecule has 28 heavy (non-hydrogen) atoms. The molecule has 2 aromatic carbocycles. The maximum absolute atomic E-state index is 2.62. The lowest BCUT2D eigenvalue weighted by atomic mass is 9.84. The fraction of sp³-hybridized carbons (Fsp3) is 0.385. The Balaban J connectivity index is 1.55. The van der Waals surface area contributed by atoms with E-state index in [0.29, 0.717) is 5.92 Å². The average molecular weight is 371 g/mol. The lowest BCUT2D eigenvalue weighted by molar-refractivity contribution is 0.444. The number of nitrogens with zero attached hydrogens (tertiary/aromatic N) is 2. The molecule has 0 radical (unpaired) electrons. The first kappa shape index (κ1) is 17.6. The van der Waals surface area contributed by atoms with Crippen molar-refractivity contribution < 1.29 is 0 Å². The fourth-order valence-electron chi connectivity index (χ4n) is 5.06. The summed E-state index contributed by atoms with van der Waals surface area (Å²) in [5.41, 5.74) is 3.17. The van der Waals surface area contributed by atoms with Crippen LogP contribution in [0.5, 0.6) is 0 Å². The minimum Gasteiger partial charge on any atom is -0.355 e. The molecular formula is C26H30N2. The number of fused-ring (bicyclic) bond motifs is 2. The Morgan fingerprint density at radius 1 is 0.893 bits per heavy atom. The van der Waals surface area contributed by atoms with E-state index in [4.69, 9.17) is 0 Å². The summed E-state index contributed by atoms with van der Waals surface area (Å²) in [5.74, 6) is 0.582. The minimum atomic E-state index is 0.240. The number of rotatable bonds is 2. The van der Waals surface area contributed by atoms with E-state index >= 15 is 0 Å². The number of hydrogen-bond acceptors (Lipinski definition) is 2. The van der Waals surface area contributed by atoms with Crippen molar-refractivity contribution in [1.82, 2.24) is 4.90 Å². The summed E-state index contributed by atoms with van der Waals surface area (Å²) >= 11 is 0. The highest BCUT2D eigenvalue weighted by atomic mass is 15.4. The van der Waals surface area contributed by atoms with Gasteiger partial charge in [-0.3, -0.25) is 0 Å². The van der Waals surface area contributed by atoms with Crippen molar-refractivity contribution in [2.45, 2.75) is 33.6 Å². The van der Waals surface area contributed by atoms with Crippen LogP contribution in [0.15, 0.2) is 42.5 Å². The van der Waals surface area contributed by atoms with Crippen molar-refractivity contribution in [3.63, 3.8) is 0 Å². The van der Waals surface area contributed by atoms with Crippen molar-refractivity contribution in [2.24, 2.45) is 11.3 Å². The monoisotopic (exact) mass is 370 g/mol. The number of benzene rings is 2. The average Bonchev–Trinajstić information content (AvgIpc) is 3.16. The number of hydrogen-bond donors (Lipinski definition) is 0. The molecule has 1 fully saturated rings.